The highest BCUT2D eigenvalue weighted by Gasteiger charge is 2.44. The second-order valence-electron chi connectivity index (χ2n) is 4.67. The molecule has 13 nitrogen and oxygen atoms in total. The third-order valence-electron chi connectivity index (χ3n) is 2.99. The lowest BCUT2D eigenvalue weighted by molar-refractivity contribution is -0.0151. The molecule has 10 N–H and O–H groups in total. The molecule has 0 aromatic carbocycles. The highest BCUT2D eigenvalue weighted by molar-refractivity contribution is 7.46. The van der Waals surface area contributed by atoms with Crippen molar-refractivity contribution in [3.05, 3.63) is 0 Å². The van der Waals surface area contributed by atoms with Crippen molar-refractivity contribution in [2.75, 3.05) is 23.4 Å². The summed E-state index contributed by atoms with van der Waals surface area (Å²) in [5.41, 5.74) is 10.6. The van der Waals surface area contributed by atoms with Gasteiger partial charge in [0.05, 0.1) is 6.61 Å². The van der Waals surface area contributed by atoms with E-state index < -0.39 is 44.8 Å². The molecule has 1 aromatic rings. The third kappa shape index (κ3) is 4.17. The maximum Gasteiger partial charge on any atom is 0.469 e. The number of phosphoric ester groups is 1. The standard InChI is InChI=1S/C9H16N5O8P/c10-3-6(13-9(11)14-7(3)17)12-8-5(16)4(15)2(22-8)1-21-23(18,19)20/h2,4-5,8,15-16H,1,10H2,(H2,18,19,20)(H4,11,12,13,14,17)/t2-,4-,5-,8?/m1/s1. The van der Waals surface area contributed by atoms with Gasteiger partial charge in [-0.15, -0.1) is 0 Å². The predicted octanol–water partition coefficient (Wildman–Crippen LogP) is -2.69. The minimum absolute atomic E-state index is 0.150. The molecule has 0 spiro atoms. The van der Waals surface area contributed by atoms with Crippen LogP contribution < -0.4 is 16.8 Å². The highest BCUT2D eigenvalue weighted by atomic mass is 31.2. The number of hydrogen-bond donors (Lipinski definition) is 8. The van der Waals surface area contributed by atoms with Gasteiger partial charge in [0.15, 0.2) is 12.0 Å². The number of ether oxygens (including phenoxy) is 1. The van der Waals surface area contributed by atoms with Gasteiger partial charge in [-0.05, 0) is 0 Å². The zero-order chi connectivity index (χ0) is 17.4. The summed E-state index contributed by atoms with van der Waals surface area (Å²) < 4.78 is 20.1. The number of nitrogens with zero attached hydrogens (tertiary/aromatic N) is 2. The second kappa shape index (κ2) is 6.41. The number of nitrogens with one attached hydrogen (secondary N) is 1. The van der Waals surface area contributed by atoms with E-state index in [4.69, 9.17) is 26.0 Å². The number of hydrogen-bond acceptors (Lipinski definition) is 11. The molecule has 0 radical (unpaired) electrons. The van der Waals surface area contributed by atoms with E-state index in [9.17, 15) is 19.9 Å². The molecule has 1 fully saturated rings. The first-order valence-corrected chi connectivity index (χ1v) is 7.71. The van der Waals surface area contributed by atoms with Crippen molar-refractivity contribution in [2.45, 2.75) is 24.5 Å². The molecule has 23 heavy (non-hydrogen) atoms. The van der Waals surface area contributed by atoms with Crippen molar-refractivity contribution < 1.29 is 38.9 Å². The molecule has 0 amide bonds. The van der Waals surface area contributed by atoms with Gasteiger partial charge in [-0.25, -0.2) is 4.57 Å². The van der Waals surface area contributed by atoms with Gasteiger partial charge in [-0.3, -0.25) is 4.52 Å². The largest absolute Gasteiger partial charge is 0.492 e. The van der Waals surface area contributed by atoms with Crippen LogP contribution in [0.4, 0.5) is 17.5 Å². The Morgan fingerprint density at radius 3 is 2.52 bits per heavy atom. The van der Waals surface area contributed by atoms with Crippen LogP contribution in [0.3, 0.4) is 0 Å². The lowest BCUT2D eigenvalue weighted by Crippen LogP contribution is -2.37. The molecule has 0 aliphatic carbocycles. The van der Waals surface area contributed by atoms with Gasteiger partial charge in [0.1, 0.15) is 24.0 Å². The van der Waals surface area contributed by atoms with Crippen LogP contribution in [0.15, 0.2) is 0 Å². The Morgan fingerprint density at radius 2 is 1.91 bits per heavy atom. The maximum absolute atomic E-state index is 10.7. The van der Waals surface area contributed by atoms with Gasteiger partial charge in [-0.1, -0.05) is 0 Å². The zero-order valence-corrected chi connectivity index (χ0v) is 12.4. The lowest BCUT2D eigenvalue weighted by atomic mass is 10.1. The average Bonchev–Trinajstić information content (AvgIpc) is 2.69. The molecule has 130 valence electrons. The summed E-state index contributed by atoms with van der Waals surface area (Å²) >= 11 is 0. The number of aromatic hydroxyl groups is 1. The fourth-order valence-corrected chi connectivity index (χ4v) is 2.24. The third-order valence-corrected chi connectivity index (χ3v) is 3.48. The van der Waals surface area contributed by atoms with E-state index in [1.54, 1.807) is 0 Å². The van der Waals surface area contributed by atoms with Gasteiger partial charge < -0.3 is 46.6 Å². The molecule has 0 bridgehead atoms. The summed E-state index contributed by atoms with van der Waals surface area (Å²) in [5, 5.41) is 31.6. The van der Waals surface area contributed by atoms with Crippen molar-refractivity contribution in [1.82, 2.24) is 9.97 Å². The van der Waals surface area contributed by atoms with E-state index in [-0.39, 0.29) is 17.5 Å². The van der Waals surface area contributed by atoms with Crippen molar-refractivity contribution in [3.63, 3.8) is 0 Å². The number of aliphatic hydroxyl groups is 2. The Balaban J connectivity index is 2.08. The van der Waals surface area contributed by atoms with Crippen LogP contribution in [0.25, 0.3) is 0 Å². The molecule has 1 saturated heterocycles. The number of nitrogens with two attached hydrogens (primary N) is 2. The molecule has 4 atom stereocenters. The van der Waals surface area contributed by atoms with E-state index in [0.29, 0.717) is 0 Å². The second-order valence-corrected chi connectivity index (χ2v) is 5.91. The maximum atomic E-state index is 10.7. The van der Waals surface area contributed by atoms with E-state index in [0.717, 1.165) is 0 Å². The SMILES string of the molecule is Nc1nc(O)c(N)c(NC2O[C@H](COP(=O)(O)O)[C@@H](O)[C@H]2O)n1. The van der Waals surface area contributed by atoms with Crippen molar-refractivity contribution >= 4 is 25.3 Å². The van der Waals surface area contributed by atoms with E-state index in [2.05, 4.69) is 19.8 Å². The minimum Gasteiger partial charge on any atom is -0.492 e. The number of anilines is 3. The molecule has 1 aromatic heterocycles. The topological polar surface area (TPSA) is 227 Å². The summed E-state index contributed by atoms with van der Waals surface area (Å²) in [6.07, 6.45) is -5.44. The smallest absolute Gasteiger partial charge is 0.469 e. The van der Waals surface area contributed by atoms with E-state index in [1.807, 2.05) is 0 Å². The van der Waals surface area contributed by atoms with Gasteiger partial charge in [0, 0.05) is 0 Å². The average molecular weight is 353 g/mol. The van der Waals surface area contributed by atoms with Crippen LogP contribution >= 0.6 is 7.82 Å². The molecule has 1 unspecified atom stereocenters. The summed E-state index contributed by atoms with van der Waals surface area (Å²) in [6.45, 7) is -0.659. The van der Waals surface area contributed by atoms with Crippen LogP contribution in [0.5, 0.6) is 5.88 Å². The van der Waals surface area contributed by atoms with E-state index in [1.165, 1.54) is 0 Å². The monoisotopic (exact) mass is 353 g/mol. The predicted molar refractivity (Wildman–Crippen MR) is 74.8 cm³/mol. The number of aromatic nitrogens is 2. The van der Waals surface area contributed by atoms with Gasteiger partial charge in [0.25, 0.3) is 0 Å². The Kier molecular flexibility index (Phi) is 4.91. The van der Waals surface area contributed by atoms with Crippen LogP contribution in [0.2, 0.25) is 0 Å². The normalized spacial score (nSPS) is 28.0. The molecule has 1 aliphatic rings. The summed E-state index contributed by atoms with van der Waals surface area (Å²) in [4.78, 5) is 24.4. The fraction of sp³-hybridized carbons (Fsp3) is 0.556. The molecule has 1 aliphatic heterocycles. The van der Waals surface area contributed by atoms with E-state index >= 15 is 0 Å². The Bertz CT molecular complexity index is 626. The summed E-state index contributed by atoms with van der Waals surface area (Å²) in [5.74, 6) is -1.04. The Labute approximate surface area is 129 Å². The first-order chi connectivity index (χ1) is 10.6. The Morgan fingerprint density at radius 1 is 1.26 bits per heavy atom. The van der Waals surface area contributed by atoms with Crippen molar-refractivity contribution in [2.24, 2.45) is 0 Å². The molecule has 2 rings (SSSR count). The number of nitrogen functional groups attached to an aromatic ring is 2. The van der Waals surface area contributed by atoms with Crippen LogP contribution in [-0.4, -0.2) is 66.2 Å². The van der Waals surface area contributed by atoms with Gasteiger partial charge in [0.2, 0.25) is 11.8 Å². The number of aliphatic hydroxyl groups excluding tert-OH is 2. The van der Waals surface area contributed by atoms with Crippen molar-refractivity contribution in [3.8, 4) is 5.88 Å². The quantitative estimate of drug-likeness (QED) is 0.253. The first kappa shape index (κ1) is 17.6. The lowest BCUT2D eigenvalue weighted by Gasteiger charge is -2.18. The highest BCUT2D eigenvalue weighted by Crippen LogP contribution is 2.37. The van der Waals surface area contributed by atoms with Crippen LogP contribution in [0, 0.1) is 0 Å². The first-order valence-electron chi connectivity index (χ1n) is 6.18. The number of rotatable bonds is 5. The molecule has 0 saturated carbocycles. The zero-order valence-electron chi connectivity index (χ0n) is 11.5. The molecular formula is C9H16N5O8P. The molecule has 2 heterocycles. The Hall–Kier alpha value is -1.73. The molecule has 14 heteroatoms. The summed E-state index contributed by atoms with van der Waals surface area (Å²) in [7, 11) is -4.75. The van der Waals surface area contributed by atoms with Crippen molar-refractivity contribution in [1.29, 1.82) is 0 Å². The van der Waals surface area contributed by atoms with Gasteiger partial charge >= 0.3 is 7.82 Å². The fourth-order valence-electron chi connectivity index (χ4n) is 1.90. The number of phosphoric acid groups is 1. The van der Waals surface area contributed by atoms with Crippen LogP contribution in [-0.2, 0) is 13.8 Å². The van der Waals surface area contributed by atoms with Gasteiger partial charge in [-0.2, -0.15) is 9.97 Å². The summed E-state index contributed by atoms with van der Waals surface area (Å²) in [6, 6.07) is 0. The minimum atomic E-state index is -4.75. The van der Waals surface area contributed by atoms with Crippen LogP contribution in [0.1, 0.15) is 0 Å². The molecular weight excluding hydrogens is 337 g/mol.